The molecule has 0 bridgehead atoms. The molecule has 0 aliphatic carbocycles. The summed E-state index contributed by atoms with van der Waals surface area (Å²) >= 11 is 1.77. The van der Waals surface area contributed by atoms with Crippen molar-refractivity contribution in [2.45, 2.75) is 31.2 Å². The van der Waals surface area contributed by atoms with Gasteiger partial charge in [0, 0.05) is 17.0 Å². The van der Waals surface area contributed by atoms with Crippen LogP contribution < -0.4 is 5.32 Å². The first-order chi connectivity index (χ1) is 7.51. The van der Waals surface area contributed by atoms with Crippen LogP contribution in [0.25, 0.3) is 6.08 Å². The molecule has 88 valence electrons. The van der Waals surface area contributed by atoms with E-state index in [9.17, 15) is 0 Å². The topological polar surface area (TPSA) is 12.0 Å². The molecule has 2 heteroatoms. The number of nitrogens with one attached hydrogen (secondary N) is 1. The van der Waals surface area contributed by atoms with Crippen LogP contribution in [0.15, 0.2) is 35.2 Å². The zero-order chi connectivity index (χ0) is 12.0. The minimum absolute atomic E-state index is 0.188. The highest BCUT2D eigenvalue weighted by Gasteiger charge is 2.05. The van der Waals surface area contributed by atoms with Gasteiger partial charge in [0.2, 0.25) is 0 Å². The van der Waals surface area contributed by atoms with E-state index in [4.69, 9.17) is 0 Å². The van der Waals surface area contributed by atoms with Crippen molar-refractivity contribution >= 4 is 17.8 Å². The Bertz CT molecular complexity index is 333. The smallest absolute Gasteiger partial charge is 0.0143 e. The van der Waals surface area contributed by atoms with Crippen molar-refractivity contribution in [3.8, 4) is 0 Å². The van der Waals surface area contributed by atoms with Gasteiger partial charge in [0.05, 0.1) is 0 Å². The molecule has 16 heavy (non-hydrogen) atoms. The van der Waals surface area contributed by atoms with Crippen molar-refractivity contribution in [1.29, 1.82) is 0 Å². The first-order valence-electron chi connectivity index (χ1n) is 5.57. The first-order valence-corrected chi connectivity index (χ1v) is 6.79. The Hall–Kier alpha value is -0.730. The molecular formula is C14H21NS. The molecule has 0 aliphatic heterocycles. The number of hydrogen-bond donors (Lipinski definition) is 1. The molecule has 0 saturated carbocycles. The Morgan fingerprint density at radius 1 is 1.19 bits per heavy atom. The zero-order valence-corrected chi connectivity index (χ0v) is 11.4. The van der Waals surface area contributed by atoms with Gasteiger partial charge in [0.25, 0.3) is 0 Å². The molecule has 0 aliphatic rings. The summed E-state index contributed by atoms with van der Waals surface area (Å²) < 4.78 is 0. The predicted molar refractivity (Wildman–Crippen MR) is 75.0 cm³/mol. The molecule has 1 N–H and O–H groups in total. The van der Waals surface area contributed by atoms with Crippen molar-refractivity contribution in [3.05, 3.63) is 35.9 Å². The molecule has 0 spiro atoms. The molecule has 0 saturated heterocycles. The van der Waals surface area contributed by atoms with E-state index in [0.29, 0.717) is 0 Å². The molecule has 0 amide bonds. The van der Waals surface area contributed by atoms with E-state index in [-0.39, 0.29) is 5.54 Å². The lowest BCUT2D eigenvalue weighted by molar-refractivity contribution is 0.450. The van der Waals surface area contributed by atoms with E-state index in [1.54, 1.807) is 11.8 Å². The quantitative estimate of drug-likeness (QED) is 0.796. The maximum atomic E-state index is 3.42. The molecule has 1 rings (SSSR count). The molecule has 0 atom stereocenters. The van der Waals surface area contributed by atoms with Gasteiger partial charge in [-0.3, -0.25) is 0 Å². The number of thioether (sulfide) groups is 1. The second-order valence-electron chi connectivity index (χ2n) is 4.81. The largest absolute Gasteiger partial charge is 0.309 e. The van der Waals surface area contributed by atoms with Gasteiger partial charge >= 0.3 is 0 Å². The summed E-state index contributed by atoms with van der Waals surface area (Å²) in [5.74, 6) is 0. The fourth-order valence-corrected chi connectivity index (χ4v) is 1.68. The third-order valence-corrected chi connectivity index (χ3v) is 2.92. The second kappa shape index (κ2) is 6.12. The molecule has 0 radical (unpaired) electrons. The van der Waals surface area contributed by atoms with Gasteiger partial charge < -0.3 is 5.32 Å². The van der Waals surface area contributed by atoms with Crippen LogP contribution in [-0.4, -0.2) is 18.3 Å². The van der Waals surface area contributed by atoms with Gasteiger partial charge in [-0.2, -0.15) is 0 Å². The van der Waals surface area contributed by atoms with Gasteiger partial charge in [-0.1, -0.05) is 24.3 Å². The molecule has 1 aromatic carbocycles. The Morgan fingerprint density at radius 3 is 2.31 bits per heavy atom. The van der Waals surface area contributed by atoms with E-state index in [2.05, 4.69) is 68.8 Å². The van der Waals surface area contributed by atoms with E-state index in [1.807, 2.05) is 0 Å². The lowest BCUT2D eigenvalue weighted by atomic mass is 10.1. The summed E-state index contributed by atoms with van der Waals surface area (Å²) in [6, 6.07) is 8.61. The molecule has 0 unspecified atom stereocenters. The van der Waals surface area contributed by atoms with Gasteiger partial charge in [-0.25, -0.2) is 0 Å². The minimum Gasteiger partial charge on any atom is -0.309 e. The highest BCUT2D eigenvalue weighted by molar-refractivity contribution is 7.98. The highest BCUT2D eigenvalue weighted by Crippen LogP contribution is 2.15. The average Bonchev–Trinajstić information content (AvgIpc) is 2.24. The number of rotatable bonds is 4. The normalized spacial score (nSPS) is 12.2. The monoisotopic (exact) mass is 235 g/mol. The Morgan fingerprint density at radius 2 is 1.81 bits per heavy atom. The van der Waals surface area contributed by atoms with E-state index < -0.39 is 0 Å². The van der Waals surface area contributed by atoms with Crippen molar-refractivity contribution in [2.75, 3.05) is 12.8 Å². The van der Waals surface area contributed by atoms with Crippen molar-refractivity contribution in [2.24, 2.45) is 0 Å². The summed E-state index contributed by atoms with van der Waals surface area (Å²) in [5, 5.41) is 3.42. The number of benzene rings is 1. The van der Waals surface area contributed by atoms with E-state index in [1.165, 1.54) is 10.5 Å². The predicted octanol–water partition coefficient (Wildman–Crippen LogP) is 3.81. The first kappa shape index (κ1) is 13.3. The van der Waals surface area contributed by atoms with E-state index in [0.717, 1.165) is 6.54 Å². The van der Waals surface area contributed by atoms with Crippen LogP contribution >= 0.6 is 11.8 Å². The molecule has 0 fully saturated rings. The van der Waals surface area contributed by atoms with Crippen LogP contribution in [0.4, 0.5) is 0 Å². The van der Waals surface area contributed by atoms with Gasteiger partial charge in [0.1, 0.15) is 0 Å². The lowest BCUT2D eigenvalue weighted by Crippen LogP contribution is -2.35. The SMILES string of the molecule is CSc1ccc(C=CCNC(C)(C)C)cc1. The third-order valence-electron chi connectivity index (χ3n) is 2.18. The maximum absolute atomic E-state index is 3.42. The van der Waals surface area contributed by atoms with Crippen molar-refractivity contribution in [1.82, 2.24) is 5.32 Å². The van der Waals surface area contributed by atoms with Gasteiger partial charge in [0.15, 0.2) is 0 Å². The van der Waals surface area contributed by atoms with E-state index >= 15 is 0 Å². The summed E-state index contributed by atoms with van der Waals surface area (Å²) in [7, 11) is 0. The maximum Gasteiger partial charge on any atom is 0.0143 e. The highest BCUT2D eigenvalue weighted by atomic mass is 32.2. The van der Waals surface area contributed by atoms with Gasteiger partial charge in [-0.15, -0.1) is 11.8 Å². The Balaban J connectivity index is 2.44. The van der Waals surface area contributed by atoms with Crippen molar-refractivity contribution in [3.63, 3.8) is 0 Å². The Kier molecular flexibility index (Phi) is 5.10. The van der Waals surface area contributed by atoms with Crippen LogP contribution in [0.1, 0.15) is 26.3 Å². The van der Waals surface area contributed by atoms with Crippen LogP contribution in [0.3, 0.4) is 0 Å². The summed E-state index contributed by atoms with van der Waals surface area (Å²) in [5.41, 5.74) is 1.45. The van der Waals surface area contributed by atoms with Gasteiger partial charge in [-0.05, 0) is 44.7 Å². The average molecular weight is 235 g/mol. The fourth-order valence-electron chi connectivity index (χ4n) is 1.28. The third kappa shape index (κ3) is 5.38. The summed E-state index contributed by atoms with van der Waals surface area (Å²) in [6.45, 7) is 7.43. The zero-order valence-electron chi connectivity index (χ0n) is 10.6. The molecule has 0 aromatic heterocycles. The molecule has 0 heterocycles. The standard InChI is InChI=1S/C14H21NS/c1-14(2,3)15-11-5-6-12-7-9-13(16-4)10-8-12/h5-10,15H,11H2,1-4H3. The Labute approximate surface area is 103 Å². The summed E-state index contributed by atoms with van der Waals surface area (Å²) in [4.78, 5) is 1.31. The molecular weight excluding hydrogens is 214 g/mol. The summed E-state index contributed by atoms with van der Waals surface area (Å²) in [6.07, 6.45) is 6.42. The van der Waals surface area contributed by atoms with Crippen LogP contribution in [0, 0.1) is 0 Å². The van der Waals surface area contributed by atoms with Crippen LogP contribution in [-0.2, 0) is 0 Å². The van der Waals surface area contributed by atoms with Crippen LogP contribution in [0.5, 0.6) is 0 Å². The molecule has 1 nitrogen and oxygen atoms in total. The van der Waals surface area contributed by atoms with Crippen LogP contribution in [0.2, 0.25) is 0 Å². The second-order valence-corrected chi connectivity index (χ2v) is 5.69. The lowest BCUT2D eigenvalue weighted by Gasteiger charge is -2.18. The molecule has 1 aromatic rings. The van der Waals surface area contributed by atoms with Crippen molar-refractivity contribution < 1.29 is 0 Å². The number of hydrogen-bond acceptors (Lipinski definition) is 2. The fraction of sp³-hybridized carbons (Fsp3) is 0.429. The minimum atomic E-state index is 0.188.